The van der Waals surface area contributed by atoms with E-state index in [1.54, 1.807) is 12.1 Å². The molecule has 0 unspecified atom stereocenters. The van der Waals surface area contributed by atoms with Crippen LogP contribution in [0.3, 0.4) is 0 Å². The van der Waals surface area contributed by atoms with Crippen LogP contribution in [0.15, 0.2) is 42.5 Å². The normalized spacial score (nSPS) is 15.0. The van der Waals surface area contributed by atoms with Gasteiger partial charge >= 0.3 is 5.69 Å². The van der Waals surface area contributed by atoms with E-state index in [1.165, 1.54) is 25.1 Å². The maximum Gasteiger partial charge on any atom is 0.312 e. The molecule has 9 heteroatoms. The summed E-state index contributed by atoms with van der Waals surface area (Å²) in [5.41, 5.74) is 1.38. The first kappa shape index (κ1) is 19.9. The number of hydrogen-bond acceptors (Lipinski definition) is 6. The molecule has 2 aromatic carbocycles. The van der Waals surface area contributed by atoms with Gasteiger partial charge in [0.05, 0.1) is 18.1 Å². The van der Waals surface area contributed by atoms with E-state index in [1.807, 2.05) is 12.1 Å². The van der Waals surface area contributed by atoms with Gasteiger partial charge in [0.25, 0.3) is 5.91 Å². The summed E-state index contributed by atoms with van der Waals surface area (Å²) in [6.07, 6.45) is -0.932. The van der Waals surface area contributed by atoms with Gasteiger partial charge in [0, 0.05) is 35.6 Å². The lowest BCUT2D eigenvalue weighted by Crippen LogP contribution is -2.36. The zero-order valence-corrected chi connectivity index (χ0v) is 16.0. The molecule has 1 saturated heterocycles. The highest BCUT2D eigenvalue weighted by atomic mass is 35.5. The summed E-state index contributed by atoms with van der Waals surface area (Å²) in [6.45, 7) is 4.58. The van der Waals surface area contributed by atoms with Gasteiger partial charge in [-0.15, -0.1) is 0 Å². The van der Waals surface area contributed by atoms with Crippen LogP contribution in [0.4, 0.5) is 17.1 Å². The Morgan fingerprint density at radius 1 is 1.25 bits per heavy atom. The predicted molar refractivity (Wildman–Crippen MR) is 106 cm³/mol. The van der Waals surface area contributed by atoms with Crippen molar-refractivity contribution in [3.05, 3.63) is 57.6 Å². The van der Waals surface area contributed by atoms with E-state index in [9.17, 15) is 14.9 Å². The van der Waals surface area contributed by atoms with Crippen molar-refractivity contribution in [1.29, 1.82) is 0 Å². The topological polar surface area (TPSA) is 93.9 Å². The Morgan fingerprint density at radius 2 is 1.93 bits per heavy atom. The monoisotopic (exact) mass is 405 g/mol. The van der Waals surface area contributed by atoms with Crippen molar-refractivity contribution < 1.29 is 19.2 Å². The molecule has 1 heterocycles. The fraction of sp³-hybridized carbons (Fsp3) is 0.316. The largest absolute Gasteiger partial charge is 0.474 e. The lowest BCUT2D eigenvalue weighted by Gasteiger charge is -2.29. The molecule has 1 aliphatic rings. The third-order valence-corrected chi connectivity index (χ3v) is 4.54. The molecule has 2 aromatic rings. The van der Waals surface area contributed by atoms with Gasteiger partial charge in [-0.25, -0.2) is 0 Å². The number of carbonyl (C=O) groups is 1. The molecular weight excluding hydrogens is 386 g/mol. The molecule has 148 valence electrons. The molecule has 1 amide bonds. The van der Waals surface area contributed by atoms with E-state index in [-0.39, 0.29) is 16.5 Å². The summed E-state index contributed by atoms with van der Waals surface area (Å²) < 4.78 is 10.8. The molecule has 28 heavy (non-hydrogen) atoms. The average Bonchev–Trinajstić information content (AvgIpc) is 2.70. The summed E-state index contributed by atoms with van der Waals surface area (Å²) in [6, 6.07) is 11.5. The second kappa shape index (κ2) is 8.90. The Labute approximate surface area is 167 Å². The highest BCUT2D eigenvalue weighted by Gasteiger charge is 2.22. The molecule has 0 bridgehead atoms. The number of halogens is 1. The van der Waals surface area contributed by atoms with Gasteiger partial charge in [-0.2, -0.15) is 0 Å². The SMILES string of the molecule is C[C@H](Oc1ccc(Cl)cc1[N+](=O)[O-])C(=O)Nc1ccc(N2CCOCC2)cc1. The van der Waals surface area contributed by atoms with Gasteiger partial charge in [0.1, 0.15) is 0 Å². The molecule has 1 atom stereocenters. The van der Waals surface area contributed by atoms with Crippen LogP contribution in [-0.2, 0) is 9.53 Å². The van der Waals surface area contributed by atoms with Gasteiger partial charge in [-0.3, -0.25) is 14.9 Å². The Bertz CT molecular complexity index is 853. The summed E-state index contributed by atoms with van der Waals surface area (Å²) in [7, 11) is 0. The van der Waals surface area contributed by atoms with Crippen LogP contribution in [0.1, 0.15) is 6.92 Å². The molecule has 0 radical (unpaired) electrons. The maximum atomic E-state index is 12.4. The number of nitrogens with one attached hydrogen (secondary N) is 1. The number of amides is 1. The minimum atomic E-state index is -0.932. The first-order chi connectivity index (χ1) is 13.4. The Morgan fingerprint density at radius 3 is 2.57 bits per heavy atom. The fourth-order valence-corrected chi connectivity index (χ4v) is 2.96. The lowest BCUT2D eigenvalue weighted by atomic mass is 10.2. The van der Waals surface area contributed by atoms with Crippen LogP contribution in [0.2, 0.25) is 5.02 Å². The van der Waals surface area contributed by atoms with Crippen molar-refractivity contribution in [3.63, 3.8) is 0 Å². The van der Waals surface area contributed by atoms with Crippen LogP contribution in [0.5, 0.6) is 5.75 Å². The smallest absolute Gasteiger partial charge is 0.312 e. The Balaban J connectivity index is 1.62. The first-order valence-corrected chi connectivity index (χ1v) is 9.16. The zero-order chi connectivity index (χ0) is 20.1. The molecule has 0 aliphatic carbocycles. The van der Waals surface area contributed by atoms with Crippen molar-refractivity contribution in [2.75, 3.05) is 36.5 Å². The van der Waals surface area contributed by atoms with Crippen molar-refractivity contribution in [2.24, 2.45) is 0 Å². The van der Waals surface area contributed by atoms with Crippen molar-refractivity contribution >= 4 is 34.6 Å². The van der Waals surface area contributed by atoms with E-state index >= 15 is 0 Å². The molecule has 3 rings (SSSR count). The maximum absolute atomic E-state index is 12.4. The quantitative estimate of drug-likeness (QED) is 0.584. The fourth-order valence-electron chi connectivity index (χ4n) is 2.80. The standard InChI is InChI=1S/C19H20ClN3O5/c1-13(28-18-7-2-14(20)12-17(18)23(25)26)19(24)21-15-3-5-16(6-4-15)22-8-10-27-11-9-22/h2-7,12-13H,8-11H2,1H3,(H,21,24)/t13-/m0/s1. The molecule has 0 saturated carbocycles. The minimum absolute atomic E-state index is 0.0142. The highest BCUT2D eigenvalue weighted by Crippen LogP contribution is 2.30. The average molecular weight is 406 g/mol. The van der Waals surface area contributed by atoms with Gasteiger partial charge < -0.3 is 19.7 Å². The van der Waals surface area contributed by atoms with Crippen LogP contribution >= 0.6 is 11.6 Å². The van der Waals surface area contributed by atoms with Gasteiger partial charge in [-0.05, 0) is 43.3 Å². The number of nitrogens with zero attached hydrogens (tertiary/aromatic N) is 2. The third-order valence-electron chi connectivity index (χ3n) is 4.30. The van der Waals surface area contributed by atoms with E-state index in [0.717, 1.165) is 18.8 Å². The molecule has 1 fully saturated rings. The number of anilines is 2. The number of carbonyl (C=O) groups excluding carboxylic acids is 1. The van der Waals surface area contributed by atoms with Crippen LogP contribution < -0.4 is 15.0 Å². The van der Waals surface area contributed by atoms with Crippen molar-refractivity contribution in [2.45, 2.75) is 13.0 Å². The number of nitro groups is 1. The Kier molecular flexibility index (Phi) is 6.33. The molecular formula is C19H20ClN3O5. The number of ether oxygens (including phenoxy) is 2. The molecule has 0 spiro atoms. The Hall–Kier alpha value is -2.84. The number of nitro benzene ring substituents is 1. The molecule has 8 nitrogen and oxygen atoms in total. The van der Waals surface area contributed by atoms with Gasteiger partial charge in [-0.1, -0.05) is 11.6 Å². The van der Waals surface area contributed by atoms with Crippen LogP contribution in [-0.4, -0.2) is 43.2 Å². The molecule has 0 aromatic heterocycles. The lowest BCUT2D eigenvalue weighted by molar-refractivity contribution is -0.386. The number of hydrogen-bond donors (Lipinski definition) is 1. The summed E-state index contributed by atoms with van der Waals surface area (Å²) in [4.78, 5) is 25.1. The summed E-state index contributed by atoms with van der Waals surface area (Å²) >= 11 is 5.79. The summed E-state index contributed by atoms with van der Waals surface area (Å²) in [5, 5.41) is 14.1. The van der Waals surface area contributed by atoms with Gasteiger partial charge in [0.15, 0.2) is 11.9 Å². The number of rotatable bonds is 6. The van der Waals surface area contributed by atoms with E-state index in [4.69, 9.17) is 21.1 Å². The van der Waals surface area contributed by atoms with Crippen molar-refractivity contribution in [3.8, 4) is 5.75 Å². The molecule has 1 N–H and O–H groups in total. The second-order valence-electron chi connectivity index (χ2n) is 6.26. The van der Waals surface area contributed by atoms with Crippen molar-refractivity contribution in [1.82, 2.24) is 0 Å². The van der Waals surface area contributed by atoms with E-state index in [0.29, 0.717) is 18.9 Å². The van der Waals surface area contributed by atoms with E-state index in [2.05, 4.69) is 10.2 Å². The van der Waals surface area contributed by atoms with Crippen LogP contribution in [0.25, 0.3) is 0 Å². The third kappa shape index (κ3) is 4.90. The summed E-state index contributed by atoms with van der Waals surface area (Å²) in [5.74, 6) is -0.428. The number of morpholine rings is 1. The molecule has 1 aliphatic heterocycles. The van der Waals surface area contributed by atoms with E-state index < -0.39 is 16.9 Å². The van der Waals surface area contributed by atoms with Gasteiger partial charge in [0.2, 0.25) is 0 Å². The van der Waals surface area contributed by atoms with Crippen LogP contribution in [0, 0.1) is 10.1 Å². The second-order valence-corrected chi connectivity index (χ2v) is 6.70. The zero-order valence-electron chi connectivity index (χ0n) is 15.3. The minimum Gasteiger partial charge on any atom is -0.474 e. The first-order valence-electron chi connectivity index (χ1n) is 8.78. The highest BCUT2D eigenvalue weighted by molar-refractivity contribution is 6.30. The predicted octanol–water partition coefficient (Wildman–Crippen LogP) is 3.49. The number of benzene rings is 2.